The molecule has 4 rings (SSSR count). The number of nitriles is 1. The molecule has 0 radical (unpaired) electrons. The lowest BCUT2D eigenvalue weighted by atomic mass is 9.99. The summed E-state index contributed by atoms with van der Waals surface area (Å²) in [5.41, 5.74) is 6.48. The number of hydrogen-bond acceptors (Lipinski definition) is 5. The van der Waals surface area contributed by atoms with Gasteiger partial charge in [0.25, 0.3) is 6.01 Å². The van der Waals surface area contributed by atoms with E-state index < -0.39 is 0 Å². The normalized spacial score (nSPS) is 10.9. The van der Waals surface area contributed by atoms with Crippen LogP contribution >= 0.6 is 0 Å². The quantitative estimate of drug-likeness (QED) is 0.297. The first-order valence-corrected chi connectivity index (χ1v) is 10.1. The standard InChI is InChI=1S/C25H23N3O3/c1-3-30-25-27-23-10-6-8-21(17-31-29-2)24(23)28(25)16-18-11-13-19(14-12-18)22-9-5-4-7-20(22)15-26/h4-14H,3,16-17H2,1-2H3. The Balaban J connectivity index is 1.70. The Morgan fingerprint density at radius 1 is 1.00 bits per heavy atom. The van der Waals surface area contributed by atoms with E-state index in [9.17, 15) is 5.26 Å². The monoisotopic (exact) mass is 413 g/mol. The highest BCUT2D eigenvalue weighted by atomic mass is 17.2. The third-order valence-electron chi connectivity index (χ3n) is 5.07. The Kier molecular flexibility index (Phi) is 6.27. The van der Waals surface area contributed by atoms with Crippen molar-refractivity contribution in [2.75, 3.05) is 13.7 Å². The van der Waals surface area contributed by atoms with Crippen LogP contribution in [0.5, 0.6) is 6.01 Å². The SMILES string of the molecule is CCOc1nc2cccc(COOC)c2n1Cc1ccc(-c2ccccc2C#N)cc1. The number of ether oxygens (including phenoxy) is 1. The largest absolute Gasteiger partial charge is 0.465 e. The lowest BCUT2D eigenvalue weighted by Gasteiger charge is -2.12. The van der Waals surface area contributed by atoms with E-state index in [0.29, 0.717) is 31.3 Å². The van der Waals surface area contributed by atoms with Crippen molar-refractivity contribution >= 4 is 11.0 Å². The van der Waals surface area contributed by atoms with Gasteiger partial charge in [0.15, 0.2) is 0 Å². The second kappa shape index (κ2) is 9.43. The van der Waals surface area contributed by atoms with Gasteiger partial charge in [0.1, 0.15) is 6.61 Å². The first-order chi connectivity index (χ1) is 15.2. The topological polar surface area (TPSA) is 69.3 Å². The maximum atomic E-state index is 9.38. The Bertz CT molecular complexity index is 1220. The van der Waals surface area contributed by atoms with Crippen molar-refractivity contribution in [1.29, 1.82) is 5.26 Å². The molecule has 0 saturated heterocycles. The second-order valence-corrected chi connectivity index (χ2v) is 6.98. The summed E-state index contributed by atoms with van der Waals surface area (Å²) in [5.74, 6) is 0. The molecule has 4 aromatic rings. The number of nitrogens with zero attached hydrogens (tertiary/aromatic N) is 3. The smallest absolute Gasteiger partial charge is 0.297 e. The van der Waals surface area contributed by atoms with Gasteiger partial charge in [-0.2, -0.15) is 10.2 Å². The summed E-state index contributed by atoms with van der Waals surface area (Å²) in [6.45, 7) is 3.38. The fourth-order valence-corrected chi connectivity index (χ4v) is 3.67. The Labute approximate surface area is 181 Å². The average molecular weight is 413 g/mol. The summed E-state index contributed by atoms with van der Waals surface area (Å²) in [4.78, 5) is 14.6. The predicted molar refractivity (Wildman–Crippen MR) is 118 cm³/mol. The molecule has 0 atom stereocenters. The van der Waals surface area contributed by atoms with Crippen LogP contribution < -0.4 is 4.74 Å². The molecular weight excluding hydrogens is 390 g/mol. The first-order valence-electron chi connectivity index (χ1n) is 10.1. The number of benzene rings is 3. The molecule has 6 nitrogen and oxygen atoms in total. The molecule has 0 unspecified atom stereocenters. The summed E-state index contributed by atoms with van der Waals surface area (Å²) in [6.07, 6.45) is 0. The van der Waals surface area contributed by atoms with Crippen molar-refractivity contribution < 1.29 is 14.5 Å². The van der Waals surface area contributed by atoms with Gasteiger partial charge in [-0.1, -0.05) is 54.6 Å². The Morgan fingerprint density at radius 2 is 1.81 bits per heavy atom. The molecule has 0 fully saturated rings. The molecule has 0 bridgehead atoms. The van der Waals surface area contributed by atoms with Crippen molar-refractivity contribution in [2.45, 2.75) is 20.1 Å². The molecule has 0 saturated carbocycles. The van der Waals surface area contributed by atoms with Crippen molar-refractivity contribution in [3.05, 3.63) is 83.4 Å². The molecule has 0 N–H and O–H groups in total. The van der Waals surface area contributed by atoms with E-state index in [0.717, 1.165) is 33.3 Å². The minimum Gasteiger partial charge on any atom is -0.465 e. The third kappa shape index (κ3) is 4.29. The molecule has 1 aromatic heterocycles. The highest BCUT2D eigenvalue weighted by molar-refractivity contribution is 5.80. The summed E-state index contributed by atoms with van der Waals surface area (Å²) >= 11 is 0. The number of rotatable bonds is 8. The van der Waals surface area contributed by atoms with Crippen molar-refractivity contribution in [3.63, 3.8) is 0 Å². The van der Waals surface area contributed by atoms with E-state index in [1.165, 1.54) is 7.11 Å². The molecule has 156 valence electrons. The number of hydrogen-bond donors (Lipinski definition) is 0. The van der Waals surface area contributed by atoms with Gasteiger partial charge in [0, 0.05) is 5.56 Å². The van der Waals surface area contributed by atoms with Crippen LogP contribution in [0.2, 0.25) is 0 Å². The lowest BCUT2D eigenvalue weighted by Crippen LogP contribution is -2.06. The zero-order valence-electron chi connectivity index (χ0n) is 17.5. The molecule has 0 amide bonds. The fraction of sp³-hybridized carbons (Fsp3) is 0.200. The van der Waals surface area contributed by atoms with Crippen LogP contribution in [0.25, 0.3) is 22.2 Å². The average Bonchev–Trinajstić information content (AvgIpc) is 3.16. The predicted octanol–water partition coefficient (Wildman–Crippen LogP) is 5.10. The molecule has 31 heavy (non-hydrogen) atoms. The fourth-order valence-electron chi connectivity index (χ4n) is 3.67. The van der Waals surface area contributed by atoms with Gasteiger partial charge in [0.05, 0.1) is 42.9 Å². The molecule has 3 aromatic carbocycles. The Hall–Kier alpha value is -3.66. The third-order valence-corrected chi connectivity index (χ3v) is 5.07. The highest BCUT2D eigenvalue weighted by Gasteiger charge is 2.16. The zero-order valence-corrected chi connectivity index (χ0v) is 17.5. The summed E-state index contributed by atoms with van der Waals surface area (Å²) < 4.78 is 7.88. The van der Waals surface area contributed by atoms with Crippen LogP contribution in [0.3, 0.4) is 0 Å². The molecule has 1 heterocycles. The Morgan fingerprint density at radius 3 is 2.55 bits per heavy atom. The van der Waals surface area contributed by atoms with Crippen LogP contribution in [-0.2, 0) is 22.9 Å². The lowest BCUT2D eigenvalue weighted by molar-refractivity contribution is -0.282. The second-order valence-electron chi connectivity index (χ2n) is 6.98. The minimum atomic E-state index is 0.314. The van der Waals surface area contributed by atoms with E-state index in [-0.39, 0.29) is 0 Å². The van der Waals surface area contributed by atoms with E-state index in [2.05, 4.69) is 27.8 Å². The van der Waals surface area contributed by atoms with Crippen LogP contribution in [0.1, 0.15) is 23.6 Å². The van der Waals surface area contributed by atoms with Crippen LogP contribution in [0.15, 0.2) is 66.7 Å². The molecule has 0 spiro atoms. The number of imidazole rings is 1. The van der Waals surface area contributed by atoms with Gasteiger partial charge < -0.3 is 4.74 Å². The maximum absolute atomic E-state index is 9.38. The summed E-state index contributed by atoms with van der Waals surface area (Å²) in [7, 11) is 1.50. The van der Waals surface area contributed by atoms with Crippen LogP contribution in [0.4, 0.5) is 0 Å². The minimum absolute atomic E-state index is 0.314. The van der Waals surface area contributed by atoms with Gasteiger partial charge in [-0.3, -0.25) is 4.57 Å². The number of para-hydroxylation sites is 1. The first kappa shape index (κ1) is 20.6. The van der Waals surface area contributed by atoms with Crippen molar-refractivity contribution in [1.82, 2.24) is 9.55 Å². The molecule has 0 aliphatic carbocycles. The van der Waals surface area contributed by atoms with Crippen molar-refractivity contribution in [2.24, 2.45) is 0 Å². The van der Waals surface area contributed by atoms with Crippen molar-refractivity contribution in [3.8, 4) is 23.2 Å². The van der Waals surface area contributed by atoms with Gasteiger partial charge in [-0.15, -0.1) is 0 Å². The maximum Gasteiger partial charge on any atom is 0.297 e. The number of aromatic nitrogens is 2. The van der Waals surface area contributed by atoms with E-state index in [1.54, 1.807) is 0 Å². The van der Waals surface area contributed by atoms with Crippen LogP contribution in [0, 0.1) is 11.3 Å². The highest BCUT2D eigenvalue weighted by Crippen LogP contribution is 2.28. The van der Waals surface area contributed by atoms with E-state index in [1.807, 2.05) is 61.5 Å². The zero-order chi connectivity index (χ0) is 21.6. The van der Waals surface area contributed by atoms with Crippen LogP contribution in [-0.4, -0.2) is 23.3 Å². The van der Waals surface area contributed by atoms with Gasteiger partial charge in [0.2, 0.25) is 0 Å². The van der Waals surface area contributed by atoms with Gasteiger partial charge >= 0.3 is 0 Å². The molecular formula is C25H23N3O3. The molecule has 0 aliphatic heterocycles. The number of fused-ring (bicyclic) bond motifs is 1. The molecule has 0 aliphatic rings. The summed E-state index contributed by atoms with van der Waals surface area (Å²) in [6, 6.07) is 24.6. The summed E-state index contributed by atoms with van der Waals surface area (Å²) in [5, 5.41) is 9.38. The van der Waals surface area contributed by atoms with E-state index >= 15 is 0 Å². The van der Waals surface area contributed by atoms with Gasteiger partial charge in [-0.05, 0) is 35.7 Å². The van der Waals surface area contributed by atoms with Gasteiger partial charge in [-0.25, -0.2) is 9.78 Å². The molecule has 6 heteroatoms. The van der Waals surface area contributed by atoms with E-state index in [4.69, 9.17) is 14.5 Å².